The summed E-state index contributed by atoms with van der Waals surface area (Å²) in [6.07, 6.45) is 5.06. The third-order valence-electron chi connectivity index (χ3n) is 2.13. The van der Waals surface area contributed by atoms with Gasteiger partial charge in [0.2, 0.25) is 10.0 Å². The summed E-state index contributed by atoms with van der Waals surface area (Å²) in [6.45, 7) is -0.0788. The zero-order valence-electron chi connectivity index (χ0n) is 8.92. The first kappa shape index (κ1) is 12.7. The molecule has 1 aromatic carbocycles. The lowest BCUT2D eigenvalue weighted by molar-refractivity contribution is 0.281. The molecule has 0 aliphatic heterocycles. The average molecular weight is 239 g/mol. The molecule has 0 bridgehead atoms. The molecule has 1 aromatic rings. The van der Waals surface area contributed by atoms with Crippen molar-refractivity contribution in [1.82, 2.24) is 4.31 Å². The SMILES string of the molecule is C#CCN(C)S(=O)(=O)c1ccc(CO)cc1. The summed E-state index contributed by atoms with van der Waals surface area (Å²) in [4.78, 5) is 0.169. The summed E-state index contributed by atoms with van der Waals surface area (Å²) in [5.74, 6) is 2.27. The summed E-state index contributed by atoms with van der Waals surface area (Å²) in [5, 5.41) is 8.84. The average Bonchev–Trinajstić information content (AvgIpc) is 2.29. The summed E-state index contributed by atoms with van der Waals surface area (Å²) < 4.78 is 24.9. The number of aliphatic hydroxyl groups is 1. The molecule has 1 N–H and O–H groups in total. The Bertz CT molecular complexity index is 485. The third kappa shape index (κ3) is 2.61. The van der Waals surface area contributed by atoms with Crippen LogP contribution >= 0.6 is 0 Å². The van der Waals surface area contributed by atoms with E-state index in [1.54, 1.807) is 12.1 Å². The van der Waals surface area contributed by atoms with Crippen molar-refractivity contribution in [1.29, 1.82) is 0 Å². The Morgan fingerprint density at radius 1 is 1.38 bits per heavy atom. The molecule has 0 aliphatic rings. The van der Waals surface area contributed by atoms with Gasteiger partial charge in [0.15, 0.2) is 0 Å². The van der Waals surface area contributed by atoms with E-state index in [2.05, 4.69) is 5.92 Å². The van der Waals surface area contributed by atoms with Gasteiger partial charge in [0.1, 0.15) is 0 Å². The molecule has 0 saturated heterocycles. The van der Waals surface area contributed by atoms with Gasteiger partial charge in [0, 0.05) is 7.05 Å². The number of hydrogen-bond acceptors (Lipinski definition) is 3. The standard InChI is InChI=1S/C11H13NO3S/c1-3-8-12(2)16(14,15)11-6-4-10(9-13)5-7-11/h1,4-7,13H,8-9H2,2H3. The Kier molecular flexibility index (Phi) is 4.07. The zero-order chi connectivity index (χ0) is 12.2. The number of aliphatic hydroxyl groups excluding tert-OH is 1. The van der Waals surface area contributed by atoms with E-state index in [4.69, 9.17) is 11.5 Å². The van der Waals surface area contributed by atoms with E-state index in [0.717, 1.165) is 4.31 Å². The lowest BCUT2D eigenvalue weighted by Crippen LogP contribution is -2.27. The fraction of sp³-hybridized carbons (Fsp3) is 0.273. The van der Waals surface area contributed by atoms with Crippen LogP contribution in [0.4, 0.5) is 0 Å². The van der Waals surface area contributed by atoms with Crippen molar-refractivity contribution in [2.75, 3.05) is 13.6 Å². The van der Waals surface area contributed by atoms with E-state index < -0.39 is 10.0 Å². The fourth-order valence-electron chi connectivity index (χ4n) is 1.16. The molecule has 0 spiro atoms. The highest BCUT2D eigenvalue weighted by atomic mass is 32.2. The van der Waals surface area contributed by atoms with Gasteiger partial charge in [-0.2, -0.15) is 4.31 Å². The molecule has 0 radical (unpaired) electrons. The van der Waals surface area contributed by atoms with Gasteiger partial charge in [-0.25, -0.2) is 8.42 Å². The van der Waals surface area contributed by atoms with Gasteiger partial charge in [0.25, 0.3) is 0 Å². The Hall–Kier alpha value is -1.35. The van der Waals surface area contributed by atoms with Gasteiger partial charge in [-0.15, -0.1) is 6.42 Å². The monoisotopic (exact) mass is 239 g/mol. The van der Waals surface area contributed by atoms with Gasteiger partial charge < -0.3 is 5.11 Å². The summed E-state index contributed by atoms with van der Waals surface area (Å²) >= 11 is 0. The van der Waals surface area contributed by atoms with Crippen LogP contribution in [0.2, 0.25) is 0 Å². The largest absolute Gasteiger partial charge is 0.392 e. The van der Waals surface area contributed by atoms with E-state index in [9.17, 15) is 8.42 Å². The zero-order valence-corrected chi connectivity index (χ0v) is 9.74. The maximum absolute atomic E-state index is 11.9. The van der Waals surface area contributed by atoms with Gasteiger partial charge in [0.05, 0.1) is 18.0 Å². The summed E-state index contributed by atoms with van der Waals surface area (Å²) in [6, 6.07) is 6.04. The predicted molar refractivity (Wildman–Crippen MR) is 61.0 cm³/mol. The molecular formula is C11H13NO3S. The molecule has 16 heavy (non-hydrogen) atoms. The van der Waals surface area contributed by atoms with Crippen molar-refractivity contribution in [2.45, 2.75) is 11.5 Å². The predicted octanol–water partition coefficient (Wildman–Crippen LogP) is 0.433. The maximum atomic E-state index is 11.9. The van der Waals surface area contributed by atoms with Crippen LogP contribution in [0.1, 0.15) is 5.56 Å². The number of nitrogens with zero attached hydrogens (tertiary/aromatic N) is 1. The Balaban J connectivity index is 3.04. The molecule has 4 nitrogen and oxygen atoms in total. The number of benzene rings is 1. The summed E-state index contributed by atoms with van der Waals surface area (Å²) in [7, 11) is -2.09. The topological polar surface area (TPSA) is 57.6 Å². The van der Waals surface area contributed by atoms with E-state index in [1.165, 1.54) is 19.2 Å². The maximum Gasteiger partial charge on any atom is 0.243 e. The molecule has 0 heterocycles. The molecule has 0 aliphatic carbocycles. The molecule has 0 saturated carbocycles. The van der Waals surface area contributed by atoms with Crippen LogP contribution < -0.4 is 0 Å². The highest BCUT2D eigenvalue weighted by Crippen LogP contribution is 2.14. The van der Waals surface area contributed by atoms with Crippen molar-refractivity contribution in [3.8, 4) is 12.3 Å². The van der Waals surface area contributed by atoms with Crippen LogP contribution in [0.15, 0.2) is 29.2 Å². The number of sulfonamides is 1. The Morgan fingerprint density at radius 2 is 1.94 bits per heavy atom. The van der Waals surface area contributed by atoms with Crippen LogP contribution in [0.5, 0.6) is 0 Å². The highest BCUT2D eigenvalue weighted by molar-refractivity contribution is 7.89. The lowest BCUT2D eigenvalue weighted by Gasteiger charge is -2.14. The molecule has 0 unspecified atom stereocenters. The first-order valence-corrected chi connectivity index (χ1v) is 6.06. The van der Waals surface area contributed by atoms with Gasteiger partial charge in [-0.3, -0.25) is 0 Å². The number of terminal acetylenes is 1. The molecule has 0 atom stereocenters. The van der Waals surface area contributed by atoms with Gasteiger partial charge >= 0.3 is 0 Å². The van der Waals surface area contributed by atoms with E-state index >= 15 is 0 Å². The Labute approximate surface area is 95.6 Å². The van der Waals surface area contributed by atoms with Crippen molar-refractivity contribution in [3.63, 3.8) is 0 Å². The molecule has 0 aromatic heterocycles. The smallest absolute Gasteiger partial charge is 0.243 e. The minimum Gasteiger partial charge on any atom is -0.392 e. The molecular weight excluding hydrogens is 226 g/mol. The first-order valence-electron chi connectivity index (χ1n) is 4.62. The first-order chi connectivity index (χ1) is 7.52. The van der Waals surface area contributed by atoms with Gasteiger partial charge in [-0.05, 0) is 17.7 Å². The second-order valence-corrected chi connectivity index (χ2v) is 5.31. The molecule has 5 heteroatoms. The van der Waals surface area contributed by atoms with Crippen molar-refractivity contribution >= 4 is 10.0 Å². The second-order valence-electron chi connectivity index (χ2n) is 3.27. The normalized spacial score (nSPS) is 11.4. The lowest BCUT2D eigenvalue weighted by atomic mass is 10.2. The van der Waals surface area contributed by atoms with Crippen LogP contribution in [0, 0.1) is 12.3 Å². The minimum absolute atomic E-state index is 0.0318. The Morgan fingerprint density at radius 3 is 2.38 bits per heavy atom. The van der Waals surface area contributed by atoms with E-state index in [1.807, 2.05) is 0 Å². The second kappa shape index (κ2) is 5.12. The quantitative estimate of drug-likeness (QED) is 0.775. The van der Waals surface area contributed by atoms with Crippen molar-refractivity contribution in [3.05, 3.63) is 29.8 Å². The highest BCUT2D eigenvalue weighted by Gasteiger charge is 2.19. The van der Waals surface area contributed by atoms with Crippen molar-refractivity contribution < 1.29 is 13.5 Å². The summed E-state index contributed by atoms with van der Waals surface area (Å²) in [5.41, 5.74) is 0.665. The van der Waals surface area contributed by atoms with E-state index in [-0.39, 0.29) is 18.0 Å². The van der Waals surface area contributed by atoms with Crippen LogP contribution in [-0.2, 0) is 16.6 Å². The fourth-order valence-corrected chi connectivity index (χ4v) is 2.24. The van der Waals surface area contributed by atoms with Gasteiger partial charge in [-0.1, -0.05) is 18.1 Å². The van der Waals surface area contributed by atoms with Crippen LogP contribution in [0.25, 0.3) is 0 Å². The molecule has 0 amide bonds. The van der Waals surface area contributed by atoms with E-state index in [0.29, 0.717) is 5.56 Å². The van der Waals surface area contributed by atoms with Crippen molar-refractivity contribution in [2.24, 2.45) is 0 Å². The molecule has 1 rings (SSSR count). The molecule has 0 fully saturated rings. The number of hydrogen-bond donors (Lipinski definition) is 1. The molecule has 86 valence electrons. The van der Waals surface area contributed by atoms with Crippen LogP contribution in [-0.4, -0.2) is 31.4 Å². The number of rotatable bonds is 4. The van der Waals surface area contributed by atoms with Crippen LogP contribution in [0.3, 0.4) is 0 Å². The minimum atomic E-state index is -3.52. The third-order valence-corrected chi connectivity index (χ3v) is 3.95.